The SMILES string of the molecule is COc1ccc(N2C(=O)N[C@H]3C[C@]2(C)Oc2c(OC)cccc23)cc1OC. The van der Waals surface area contributed by atoms with Crippen molar-refractivity contribution < 1.29 is 23.7 Å². The quantitative estimate of drug-likeness (QED) is 0.892. The van der Waals surface area contributed by atoms with E-state index >= 15 is 0 Å². The van der Waals surface area contributed by atoms with Crippen LogP contribution in [0.5, 0.6) is 23.0 Å². The highest BCUT2D eigenvalue weighted by molar-refractivity contribution is 5.95. The fraction of sp³-hybridized carbons (Fsp3) is 0.350. The van der Waals surface area contributed by atoms with Crippen molar-refractivity contribution in [1.82, 2.24) is 5.32 Å². The van der Waals surface area contributed by atoms with Gasteiger partial charge in [-0.1, -0.05) is 12.1 Å². The molecule has 7 heteroatoms. The number of carbonyl (C=O) groups excluding carboxylic acids is 1. The first-order valence-corrected chi connectivity index (χ1v) is 8.69. The molecule has 0 spiro atoms. The lowest BCUT2D eigenvalue weighted by Gasteiger charge is -2.50. The Morgan fingerprint density at radius 2 is 1.81 bits per heavy atom. The predicted molar refractivity (Wildman–Crippen MR) is 99.9 cm³/mol. The smallest absolute Gasteiger partial charge is 0.325 e. The fourth-order valence-electron chi connectivity index (χ4n) is 3.88. The van der Waals surface area contributed by atoms with Gasteiger partial charge in [0.1, 0.15) is 0 Å². The minimum absolute atomic E-state index is 0.141. The number of nitrogens with one attached hydrogen (secondary N) is 1. The highest BCUT2D eigenvalue weighted by atomic mass is 16.5. The van der Waals surface area contributed by atoms with E-state index in [2.05, 4.69) is 5.32 Å². The van der Waals surface area contributed by atoms with Gasteiger partial charge in [0.25, 0.3) is 0 Å². The average Bonchev–Trinajstić information content (AvgIpc) is 2.66. The van der Waals surface area contributed by atoms with Crippen LogP contribution in [0.2, 0.25) is 0 Å². The Morgan fingerprint density at radius 1 is 1.07 bits per heavy atom. The zero-order valence-electron chi connectivity index (χ0n) is 15.7. The average molecular weight is 370 g/mol. The lowest BCUT2D eigenvalue weighted by atomic mass is 9.90. The van der Waals surface area contributed by atoms with Crippen LogP contribution in [0.25, 0.3) is 0 Å². The number of anilines is 1. The summed E-state index contributed by atoms with van der Waals surface area (Å²) in [5.41, 5.74) is 0.713. The first-order valence-electron chi connectivity index (χ1n) is 8.69. The molecule has 2 bridgehead atoms. The summed E-state index contributed by atoms with van der Waals surface area (Å²) in [7, 11) is 4.74. The minimum atomic E-state index is -0.867. The minimum Gasteiger partial charge on any atom is -0.493 e. The maximum atomic E-state index is 13.0. The molecule has 2 atom stereocenters. The van der Waals surface area contributed by atoms with E-state index in [4.69, 9.17) is 18.9 Å². The molecule has 142 valence electrons. The third-order valence-electron chi connectivity index (χ3n) is 5.11. The van der Waals surface area contributed by atoms with Gasteiger partial charge < -0.3 is 24.3 Å². The summed E-state index contributed by atoms with van der Waals surface area (Å²) in [5.74, 6) is 2.44. The molecule has 1 saturated heterocycles. The number of hydrogen-bond acceptors (Lipinski definition) is 5. The van der Waals surface area contributed by atoms with E-state index in [9.17, 15) is 4.79 Å². The Bertz CT molecular complexity index is 900. The largest absolute Gasteiger partial charge is 0.493 e. The van der Waals surface area contributed by atoms with Crippen LogP contribution >= 0.6 is 0 Å². The molecule has 2 aromatic rings. The van der Waals surface area contributed by atoms with Gasteiger partial charge in [0.2, 0.25) is 0 Å². The predicted octanol–water partition coefficient (Wildman–Crippen LogP) is 3.48. The second-order valence-electron chi connectivity index (χ2n) is 6.74. The molecule has 0 saturated carbocycles. The van der Waals surface area contributed by atoms with E-state index < -0.39 is 5.72 Å². The molecule has 0 aliphatic carbocycles. The molecule has 0 unspecified atom stereocenters. The van der Waals surface area contributed by atoms with Gasteiger partial charge in [-0.25, -0.2) is 4.79 Å². The van der Waals surface area contributed by atoms with Gasteiger partial charge in [0.05, 0.1) is 33.1 Å². The van der Waals surface area contributed by atoms with Crippen molar-refractivity contribution in [3.8, 4) is 23.0 Å². The van der Waals surface area contributed by atoms with Crippen LogP contribution in [-0.2, 0) is 0 Å². The Kier molecular flexibility index (Phi) is 4.02. The number of methoxy groups -OCH3 is 3. The zero-order chi connectivity index (χ0) is 19.2. The summed E-state index contributed by atoms with van der Waals surface area (Å²) < 4.78 is 22.5. The molecule has 2 aromatic carbocycles. The van der Waals surface area contributed by atoms with Gasteiger partial charge in [0, 0.05) is 18.1 Å². The molecule has 7 nitrogen and oxygen atoms in total. The number of urea groups is 1. The van der Waals surface area contributed by atoms with E-state index in [0.29, 0.717) is 35.1 Å². The summed E-state index contributed by atoms with van der Waals surface area (Å²) >= 11 is 0. The van der Waals surface area contributed by atoms with E-state index in [1.165, 1.54) is 0 Å². The van der Waals surface area contributed by atoms with E-state index in [0.717, 1.165) is 5.56 Å². The third-order valence-corrected chi connectivity index (χ3v) is 5.11. The molecule has 2 amide bonds. The molecule has 0 aromatic heterocycles. The van der Waals surface area contributed by atoms with Crippen LogP contribution in [0.4, 0.5) is 10.5 Å². The Morgan fingerprint density at radius 3 is 2.52 bits per heavy atom. The number of carbonyl (C=O) groups is 1. The third kappa shape index (κ3) is 2.61. The van der Waals surface area contributed by atoms with Crippen molar-refractivity contribution in [2.45, 2.75) is 25.1 Å². The van der Waals surface area contributed by atoms with Crippen molar-refractivity contribution in [3.63, 3.8) is 0 Å². The van der Waals surface area contributed by atoms with Crippen LogP contribution in [0.15, 0.2) is 36.4 Å². The fourth-order valence-corrected chi connectivity index (χ4v) is 3.88. The van der Waals surface area contributed by atoms with Crippen LogP contribution in [-0.4, -0.2) is 33.1 Å². The van der Waals surface area contributed by atoms with Gasteiger partial charge >= 0.3 is 6.03 Å². The molecule has 4 rings (SSSR count). The lowest BCUT2D eigenvalue weighted by molar-refractivity contribution is 0.0349. The first kappa shape index (κ1) is 17.3. The maximum Gasteiger partial charge on any atom is 0.325 e. The van der Waals surface area contributed by atoms with Crippen molar-refractivity contribution >= 4 is 11.7 Å². The molecule has 1 N–H and O–H groups in total. The Hall–Kier alpha value is -3.09. The number of hydrogen-bond donors (Lipinski definition) is 1. The van der Waals surface area contributed by atoms with Gasteiger partial charge in [-0.15, -0.1) is 0 Å². The molecule has 0 radical (unpaired) electrons. The van der Waals surface area contributed by atoms with E-state index in [1.54, 1.807) is 38.4 Å². The number of nitrogens with zero attached hydrogens (tertiary/aromatic N) is 1. The summed E-state index contributed by atoms with van der Waals surface area (Å²) in [6.45, 7) is 1.91. The number of para-hydroxylation sites is 1. The topological polar surface area (TPSA) is 69.3 Å². The highest BCUT2D eigenvalue weighted by Crippen LogP contribution is 2.49. The highest BCUT2D eigenvalue weighted by Gasteiger charge is 2.50. The standard InChI is InChI=1S/C20H22N2O5/c1-20-11-14(13-6-5-7-16(25-3)18(13)27-20)21-19(23)22(20)12-8-9-15(24-2)17(10-12)26-4/h5-10,14H,11H2,1-4H3,(H,21,23)/t14-,20-/m0/s1. The second kappa shape index (κ2) is 6.26. The number of benzene rings is 2. The van der Waals surface area contributed by atoms with Gasteiger partial charge in [-0.2, -0.15) is 0 Å². The molecule has 27 heavy (non-hydrogen) atoms. The van der Waals surface area contributed by atoms with Crippen molar-refractivity contribution in [2.24, 2.45) is 0 Å². The Labute approximate surface area is 157 Å². The maximum absolute atomic E-state index is 13.0. The summed E-state index contributed by atoms with van der Waals surface area (Å²) in [4.78, 5) is 14.6. The molecule has 2 aliphatic heterocycles. The number of amides is 2. The normalized spacial score (nSPS) is 23.0. The van der Waals surface area contributed by atoms with Crippen LogP contribution in [0.1, 0.15) is 24.9 Å². The zero-order valence-corrected chi connectivity index (χ0v) is 15.7. The summed E-state index contributed by atoms with van der Waals surface area (Å²) in [5, 5.41) is 3.07. The van der Waals surface area contributed by atoms with E-state index in [1.807, 2.05) is 31.2 Å². The summed E-state index contributed by atoms with van der Waals surface area (Å²) in [6.07, 6.45) is 0.604. The molecule has 1 fully saturated rings. The molecular formula is C20H22N2O5. The molecule has 2 aliphatic rings. The second-order valence-corrected chi connectivity index (χ2v) is 6.74. The van der Waals surface area contributed by atoms with E-state index in [-0.39, 0.29) is 12.1 Å². The first-order chi connectivity index (χ1) is 13.0. The van der Waals surface area contributed by atoms with Crippen LogP contribution in [0.3, 0.4) is 0 Å². The number of fused-ring (bicyclic) bond motifs is 4. The van der Waals surface area contributed by atoms with Crippen molar-refractivity contribution in [2.75, 3.05) is 26.2 Å². The van der Waals surface area contributed by atoms with Crippen LogP contribution < -0.4 is 29.2 Å². The van der Waals surface area contributed by atoms with Crippen molar-refractivity contribution in [3.05, 3.63) is 42.0 Å². The Balaban J connectivity index is 1.80. The van der Waals surface area contributed by atoms with Crippen LogP contribution in [0, 0.1) is 0 Å². The van der Waals surface area contributed by atoms with Gasteiger partial charge in [-0.3, -0.25) is 4.90 Å². The molecular weight excluding hydrogens is 348 g/mol. The summed E-state index contributed by atoms with van der Waals surface area (Å²) in [6, 6.07) is 10.7. The van der Waals surface area contributed by atoms with Gasteiger partial charge in [-0.05, 0) is 25.1 Å². The number of ether oxygens (including phenoxy) is 4. The number of rotatable bonds is 4. The van der Waals surface area contributed by atoms with Crippen molar-refractivity contribution in [1.29, 1.82) is 0 Å². The lowest BCUT2D eigenvalue weighted by Crippen LogP contribution is -2.65. The molecule has 2 heterocycles. The monoisotopic (exact) mass is 370 g/mol. The van der Waals surface area contributed by atoms with Gasteiger partial charge in [0.15, 0.2) is 28.7 Å².